The van der Waals surface area contributed by atoms with Crippen LogP contribution in [0.4, 0.5) is 0 Å². The lowest BCUT2D eigenvalue weighted by Crippen LogP contribution is -2.51. The minimum absolute atomic E-state index is 0.206. The molecule has 0 bridgehead atoms. The third-order valence-electron chi connectivity index (χ3n) is 3.15. The lowest BCUT2D eigenvalue weighted by Gasteiger charge is -2.27. The van der Waals surface area contributed by atoms with Gasteiger partial charge in [-0.2, -0.15) is 0 Å². The Bertz CT molecular complexity index is 443. The van der Waals surface area contributed by atoms with Crippen LogP contribution >= 0.6 is 0 Å². The highest BCUT2D eigenvalue weighted by atomic mass is 16.2. The van der Waals surface area contributed by atoms with Gasteiger partial charge in [0.05, 0.1) is 6.04 Å². The topological polar surface area (TPSA) is 74.3 Å². The average molecular weight is 262 g/mol. The highest BCUT2D eigenvalue weighted by Gasteiger charge is 2.24. The van der Waals surface area contributed by atoms with Gasteiger partial charge in [-0.05, 0) is 24.6 Å². The Hall–Kier alpha value is -1.95. The molecule has 1 fully saturated rings. The van der Waals surface area contributed by atoms with Crippen LogP contribution in [0.1, 0.15) is 18.5 Å². The van der Waals surface area contributed by atoms with E-state index >= 15 is 0 Å². The van der Waals surface area contributed by atoms with Crippen molar-refractivity contribution in [3.8, 4) is 0 Å². The number of amides is 2. The summed E-state index contributed by atoms with van der Waals surface area (Å²) < 4.78 is 0. The predicted octanol–water partition coefficient (Wildman–Crippen LogP) is -0.309. The molecule has 2 amide bonds. The largest absolute Gasteiger partial charge is 0.341 e. The number of nitrogens with one attached hydrogen (secondary N) is 2. The van der Waals surface area contributed by atoms with E-state index in [0.717, 1.165) is 18.7 Å². The van der Waals surface area contributed by atoms with Gasteiger partial charge in [0.15, 0.2) is 0 Å². The molecule has 0 aliphatic carbocycles. The molecule has 2 rings (SSSR count). The molecule has 1 saturated heterocycles. The molecule has 0 saturated carbocycles. The molecular weight excluding hydrogens is 244 g/mol. The molecule has 102 valence electrons. The maximum absolute atomic E-state index is 11.9. The van der Waals surface area contributed by atoms with E-state index in [1.807, 2.05) is 19.1 Å². The van der Waals surface area contributed by atoms with Crippen molar-refractivity contribution in [3.05, 3.63) is 30.1 Å². The van der Waals surface area contributed by atoms with Gasteiger partial charge >= 0.3 is 11.8 Å². The van der Waals surface area contributed by atoms with E-state index in [2.05, 4.69) is 15.6 Å². The van der Waals surface area contributed by atoms with Crippen LogP contribution in [0.25, 0.3) is 0 Å². The smallest absolute Gasteiger partial charge is 0.311 e. The van der Waals surface area contributed by atoms with E-state index in [9.17, 15) is 9.59 Å². The zero-order valence-corrected chi connectivity index (χ0v) is 10.9. The minimum atomic E-state index is -0.550. The second-order valence-electron chi connectivity index (χ2n) is 4.52. The third-order valence-corrected chi connectivity index (χ3v) is 3.15. The summed E-state index contributed by atoms with van der Waals surface area (Å²) in [6.45, 7) is 4.47. The summed E-state index contributed by atoms with van der Waals surface area (Å²) in [4.78, 5) is 29.3. The molecule has 6 nitrogen and oxygen atoms in total. The van der Waals surface area contributed by atoms with E-state index in [1.54, 1.807) is 17.3 Å². The van der Waals surface area contributed by atoms with Crippen LogP contribution in [-0.2, 0) is 9.59 Å². The van der Waals surface area contributed by atoms with Crippen molar-refractivity contribution in [3.63, 3.8) is 0 Å². The van der Waals surface area contributed by atoms with Crippen LogP contribution < -0.4 is 10.6 Å². The van der Waals surface area contributed by atoms with Gasteiger partial charge in [0, 0.05) is 38.6 Å². The van der Waals surface area contributed by atoms with Gasteiger partial charge in [-0.25, -0.2) is 0 Å². The monoisotopic (exact) mass is 262 g/mol. The first-order valence-electron chi connectivity index (χ1n) is 6.39. The molecule has 1 unspecified atom stereocenters. The van der Waals surface area contributed by atoms with E-state index in [4.69, 9.17) is 0 Å². The van der Waals surface area contributed by atoms with Crippen molar-refractivity contribution >= 4 is 11.8 Å². The Morgan fingerprint density at radius 3 is 2.58 bits per heavy atom. The van der Waals surface area contributed by atoms with Gasteiger partial charge in [-0.1, -0.05) is 0 Å². The van der Waals surface area contributed by atoms with Crippen LogP contribution in [-0.4, -0.2) is 47.9 Å². The lowest BCUT2D eigenvalue weighted by molar-refractivity contribution is -0.146. The second-order valence-corrected chi connectivity index (χ2v) is 4.52. The van der Waals surface area contributed by atoms with Gasteiger partial charge < -0.3 is 15.5 Å². The van der Waals surface area contributed by atoms with Crippen molar-refractivity contribution in [1.82, 2.24) is 20.5 Å². The fraction of sp³-hybridized carbons (Fsp3) is 0.462. The van der Waals surface area contributed by atoms with Gasteiger partial charge in [-0.3, -0.25) is 14.6 Å². The molecular formula is C13H18N4O2. The van der Waals surface area contributed by atoms with Gasteiger partial charge in [0.2, 0.25) is 0 Å². The SMILES string of the molecule is CC(NC(=O)C(=O)N1CCNCC1)c1ccncc1. The van der Waals surface area contributed by atoms with E-state index in [-0.39, 0.29) is 6.04 Å². The number of nitrogens with zero attached hydrogens (tertiary/aromatic N) is 2. The molecule has 19 heavy (non-hydrogen) atoms. The van der Waals surface area contributed by atoms with Crippen LogP contribution in [0.15, 0.2) is 24.5 Å². The Balaban J connectivity index is 1.91. The summed E-state index contributed by atoms with van der Waals surface area (Å²) in [5.41, 5.74) is 0.927. The molecule has 2 heterocycles. The number of hydrogen-bond donors (Lipinski definition) is 2. The summed E-state index contributed by atoms with van der Waals surface area (Å²) in [6.07, 6.45) is 3.33. The number of hydrogen-bond acceptors (Lipinski definition) is 4. The summed E-state index contributed by atoms with van der Waals surface area (Å²) in [7, 11) is 0. The number of aromatic nitrogens is 1. The first kappa shape index (κ1) is 13.5. The van der Waals surface area contributed by atoms with Crippen molar-refractivity contribution in [2.45, 2.75) is 13.0 Å². The van der Waals surface area contributed by atoms with E-state index in [1.165, 1.54) is 0 Å². The van der Waals surface area contributed by atoms with Crippen LogP contribution in [0.3, 0.4) is 0 Å². The highest BCUT2D eigenvalue weighted by molar-refractivity contribution is 6.35. The quantitative estimate of drug-likeness (QED) is 0.717. The Labute approximate surface area is 112 Å². The minimum Gasteiger partial charge on any atom is -0.341 e. The molecule has 0 spiro atoms. The third kappa shape index (κ3) is 3.51. The summed E-state index contributed by atoms with van der Waals surface area (Å²) in [5, 5.41) is 5.86. The second kappa shape index (κ2) is 6.29. The molecule has 1 atom stereocenters. The molecule has 1 aliphatic heterocycles. The normalized spacial score (nSPS) is 16.8. The first-order chi connectivity index (χ1) is 9.18. The number of pyridine rings is 1. The molecule has 0 radical (unpaired) electrons. The maximum Gasteiger partial charge on any atom is 0.311 e. The molecule has 1 aliphatic rings. The number of rotatable bonds is 2. The summed E-state index contributed by atoms with van der Waals surface area (Å²) >= 11 is 0. The predicted molar refractivity (Wildman–Crippen MR) is 70.2 cm³/mol. The zero-order chi connectivity index (χ0) is 13.7. The van der Waals surface area contributed by atoms with Crippen LogP contribution in [0, 0.1) is 0 Å². The fourth-order valence-electron chi connectivity index (χ4n) is 2.01. The average Bonchev–Trinajstić information content (AvgIpc) is 2.48. The van der Waals surface area contributed by atoms with Gasteiger partial charge in [0.1, 0.15) is 0 Å². The number of carbonyl (C=O) groups excluding carboxylic acids is 2. The Morgan fingerprint density at radius 2 is 1.95 bits per heavy atom. The van der Waals surface area contributed by atoms with Crippen molar-refractivity contribution in [2.75, 3.05) is 26.2 Å². The molecule has 0 aromatic carbocycles. The van der Waals surface area contributed by atoms with E-state index in [0.29, 0.717) is 13.1 Å². The zero-order valence-electron chi connectivity index (χ0n) is 10.9. The van der Waals surface area contributed by atoms with Crippen molar-refractivity contribution in [2.24, 2.45) is 0 Å². The highest BCUT2D eigenvalue weighted by Crippen LogP contribution is 2.10. The van der Waals surface area contributed by atoms with Crippen molar-refractivity contribution in [1.29, 1.82) is 0 Å². The number of carbonyl (C=O) groups is 2. The molecule has 1 aromatic heterocycles. The Morgan fingerprint density at radius 1 is 1.32 bits per heavy atom. The molecule has 1 aromatic rings. The Kier molecular flexibility index (Phi) is 4.46. The maximum atomic E-state index is 11.9. The molecule has 6 heteroatoms. The van der Waals surface area contributed by atoms with Crippen LogP contribution in [0.5, 0.6) is 0 Å². The lowest BCUT2D eigenvalue weighted by atomic mass is 10.1. The van der Waals surface area contributed by atoms with Crippen LogP contribution in [0.2, 0.25) is 0 Å². The first-order valence-corrected chi connectivity index (χ1v) is 6.39. The molecule has 2 N–H and O–H groups in total. The van der Waals surface area contributed by atoms with Crippen molar-refractivity contribution < 1.29 is 9.59 Å². The fourth-order valence-corrected chi connectivity index (χ4v) is 2.01. The van der Waals surface area contributed by atoms with Gasteiger partial charge in [-0.15, -0.1) is 0 Å². The summed E-state index contributed by atoms with van der Waals surface area (Å²) in [6, 6.07) is 3.43. The number of piperazine rings is 1. The van der Waals surface area contributed by atoms with E-state index < -0.39 is 11.8 Å². The van der Waals surface area contributed by atoms with Gasteiger partial charge in [0.25, 0.3) is 0 Å². The summed E-state index contributed by atoms with van der Waals surface area (Å²) in [5.74, 6) is -1.01. The standard InChI is InChI=1S/C13H18N4O2/c1-10(11-2-4-14-5-3-11)16-12(18)13(19)17-8-6-15-7-9-17/h2-5,10,15H,6-9H2,1H3,(H,16,18).